The van der Waals surface area contributed by atoms with Crippen molar-refractivity contribution in [3.05, 3.63) is 0 Å². The van der Waals surface area contributed by atoms with Crippen molar-refractivity contribution in [1.29, 1.82) is 0 Å². The normalized spacial score (nSPS) is 27.2. The third kappa shape index (κ3) is 3.10. The van der Waals surface area contributed by atoms with Crippen molar-refractivity contribution < 1.29 is 14.3 Å². The van der Waals surface area contributed by atoms with Gasteiger partial charge in [-0.2, -0.15) is 0 Å². The maximum atomic E-state index is 11.1. The zero-order valence-corrected chi connectivity index (χ0v) is 8.49. The third-order valence-electron chi connectivity index (χ3n) is 2.60. The van der Waals surface area contributed by atoms with E-state index in [2.05, 4.69) is 0 Å². The molecule has 1 amide bonds. The molecule has 1 fully saturated rings. The van der Waals surface area contributed by atoms with Gasteiger partial charge < -0.3 is 10.5 Å². The van der Waals surface area contributed by atoms with E-state index in [-0.39, 0.29) is 11.7 Å². The first-order chi connectivity index (χ1) is 6.63. The first-order valence-electron chi connectivity index (χ1n) is 5.06. The number of hydrogen-bond donors (Lipinski definition) is 1. The number of carbonyl (C=O) groups excluding carboxylic acids is 2. The fourth-order valence-electron chi connectivity index (χ4n) is 1.66. The minimum atomic E-state index is -0.442. The Kier molecular flexibility index (Phi) is 4.07. The van der Waals surface area contributed by atoms with Crippen molar-refractivity contribution in [3.8, 4) is 0 Å². The highest BCUT2D eigenvalue weighted by Crippen LogP contribution is 2.22. The van der Waals surface area contributed by atoms with Gasteiger partial charge in [0.25, 0.3) is 0 Å². The molecule has 0 aliphatic carbocycles. The first kappa shape index (κ1) is 11.2. The van der Waals surface area contributed by atoms with Gasteiger partial charge in [0.2, 0.25) is 5.91 Å². The van der Waals surface area contributed by atoms with Crippen molar-refractivity contribution in [1.82, 2.24) is 0 Å². The van der Waals surface area contributed by atoms with Gasteiger partial charge in [0.05, 0.1) is 6.61 Å². The number of Topliss-reactive ketones (excluding diaryl/α,β-unsaturated/α-hetero) is 1. The van der Waals surface area contributed by atoms with Crippen LogP contribution >= 0.6 is 0 Å². The second-order valence-electron chi connectivity index (χ2n) is 3.76. The van der Waals surface area contributed by atoms with Gasteiger partial charge in [0.15, 0.2) is 0 Å². The van der Waals surface area contributed by atoms with Crippen LogP contribution in [0.1, 0.15) is 32.6 Å². The highest BCUT2D eigenvalue weighted by atomic mass is 16.5. The standard InChI is InChI=1S/C10H17NO3/c1-2-8(12)5-7-3-4-9(10(11)13)14-6-7/h7,9H,2-6H2,1H3,(H2,11,13)/t7-,9-/m0/s1. The quantitative estimate of drug-likeness (QED) is 0.722. The van der Waals surface area contributed by atoms with Gasteiger partial charge in [0, 0.05) is 12.8 Å². The molecule has 0 saturated carbocycles. The Morgan fingerprint density at radius 3 is 2.57 bits per heavy atom. The summed E-state index contributed by atoms with van der Waals surface area (Å²) in [5, 5.41) is 0. The smallest absolute Gasteiger partial charge is 0.246 e. The maximum absolute atomic E-state index is 11.1. The molecule has 0 unspecified atom stereocenters. The van der Waals surface area contributed by atoms with Crippen LogP contribution in [0.5, 0.6) is 0 Å². The molecule has 1 aliphatic heterocycles. The first-order valence-corrected chi connectivity index (χ1v) is 5.06. The maximum Gasteiger partial charge on any atom is 0.246 e. The molecule has 0 radical (unpaired) electrons. The summed E-state index contributed by atoms with van der Waals surface area (Å²) in [4.78, 5) is 21.9. The minimum absolute atomic E-state index is 0.260. The molecule has 4 nitrogen and oxygen atoms in total. The second-order valence-corrected chi connectivity index (χ2v) is 3.76. The molecule has 0 aromatic rings. The average Bonchev–Trinajstić information content (AvgIpc) is 2.18. The molecule has 0 bridgehead atoms. The highest BCUT2D eigenvalue weighted by Gasteiger charge is 2.26. The van der Waals surface area contributed by atoms with Crippen molar-refractivity contribution >= 4 is 11.7 Å². The van der Waals surface area contributed by atoms with E-state index >= 15 is 0 Å². The lowest BCUT2D eigenvalue weighted by Crippen LogP contribution is -2.37. The van der Waals surface area contributed by atoms with Gasteiger partial charge in [0.1, 0.15) is 11.9 Å². The Morgan fingerprint density at radius 2 is 2.14 bits per heavy atom. The Balaban J connectivity index is 2.29. The van der Waals surface area contributed by atoms with Gasteiger partial charge in [-0.05, 0) is 18.8 Å². The van der Waals surface area contributed by atoms with E-state index in [4.69, 9.17) is 10.5 Å². The number of hydrogen-bond acceptors (Lipinski definition) is 3. The Morgan fingerprint density at radius 1 is 1.43 bits per heavy atom. The molecule has 1 rings (SSSR count). The Bertz CT molecular complexity index is 219. The number of ketones is 1. The number of primary amides is 1. The topological polar surface area (TPSA) is 69.4 Å². The number of ether oxygens (including phenoxy) is 1. The average molecular weight is 199 g/mol. The van der Waals surface area contributed by atoms with E-state index in [9.17, 15) is 9.59 Å². The van der Waals surface area contributed by atoms with E-state index in [1.807, 2.05) is 6.92 Å². The lowest BCUT2D eigenvalue weighted by Gasteiger charge is -2.26. The van der Waals surface area contributed by atoms with Crippen molar-refractivity contribution in [2.24, 2.45) is 11.7 Å². The van der Waals surface area contributed by atoms with Crippen molar-refractivity contribution in [3.63, 3.8) is 0 Å². The number of amides is 1. The summed E-state index contributed by atoms with van der Waals surface area (Å²) in [7, 11) is 0. The second kappa shape index (κ2) is 5.10. The predicted octanol–water partition coefficient (Wildman–Crippen LogP) is 0.636. The molecule has 0 spiro atoms. The highest BCUT2D eigenvalue weighted by molar-refractivity contribution is 5.79. The van der Waals surface area contributed by atoms with Crippen LogP contribution in [-0.2, 0) is 14.3 Å². The molecule has 1 aliphatic rings. The number of carbonyl (C=O) groups is 2. The fraction of sp³-hybridized carbons (Fsp3) is 0.800. The zero-order valence-electron chi connectivity index (χ0n) is 8.49. The molecular formula is C10H17NO3. The summed E-state index contributed by atoms with van der Waals surface area (Å²) in [5.74, 6) is 0.138. The molecule has 0 aromatic heterocycles. The lowest BCUT2D eigenvalue weighted by molar-refractivity contribution is -0.135. The fourth-order valence-corrected chi connectivity index (χ4v) is 1.66. The van der Waals surface area contributed by atoms with Crippen LogP contribution in [0.4, 0.5) is 0 Å². The summed E-state index contributed by atoms with van der Waals surface area (Å²) in [6, 6.07) is 0. The number of rotatable bonds is 4. The van der Waals surface area contributed by atoms with Gasteiger partial charge in [-0.15, -0.1) is 0 Å². The molecule has 0 aromatic carbocycles. The van der Waals surface area contributed by atoms with Crippen molar-refractivity contribution in [2.75, 3.05) is 6.61 Å². The summed E-state index contributed by atoms with van der Waals surface area (Å²) < 4.78 is 5.27. The zero-order chi connectivity index (χ0) is 10.6. The van der Waals surface area contributed by atoms with Gasteiger partial charge >= 0.3 is 0 Å². The molecule has 4 heteroatoms. The SMILES string of the molecule is CCC(=O)C[C@@H]1CC[C@@H](C(N)=O)OC1. The van der Waals surface area contributed by atoms with Crippen LogP contribution in [0.15, 0.2) is 0 Å². The Hall–Kier alpha value is -0.900. The molecule has 14 heavy (non-hydrogen) atoms. The van der Waals surface area contributed by atoms with Crippen LogP contribution in [0.25, 0.3) is 0 Å². The third-order valence-corrected chi connectivity index (χ3v) is 2.60. The lowest BCUT2D eigenvalue weighted by atomic mass is 9.93. The summed E-state index contributed by atoms with van der Waals surface area (Å²) >= 11 is 0. The molecule has 1 heterocycles. The van der Waals surface area contributed by atoms with Crippen LogP contribution in [-0.4, -0.2) is 24.4 Å². The van der Waals surface area contributed by atoms with Crippen LogP contribution in [0.3, 0.4) is 0 Å². The summed E-state index contributed by atoms with van der Waals surface area (Å²) in [6.45, 7) is 2.34. The predicted molar refractivity (Wildman–Crippen MR) is 51.6 cm³/mol. The minimum Gasteiger partial charge on any atom is -0.368 e. The van der Waals surface area contributed by atoms with E-state index in [0.717, 1.165) is 6.42 Å². The van der Waals surface area contributed by atoms with E-state index in [1.165, 1.54) is 0 Å². The monoisotopic (exact) mass is 199 g/mol. The van der Waals surface area contributed by atoms with Gasteiger partial charge in [-0.25, -0.2) is 0 Å². The molecule has 2 N–H and O–H groups in total. The van der Waals surface area contributed by atoms with Crippen LogP contribution in [0.2, 0.25) is 0 Å². The van der Waals surface area contributed by atoms with E-state index in [1.54, 1.807) is 0 Å². The van der Waals surface area contributed by atoms with E-state index in [0.29, 0.717) is 25.9 Å². The van der Waals surface area contributed by atoms with Crippen LogP contribution in [0, 0.1) is 5.92 Å². The number of nitrogens with two attached hydrogens (primary N) is 1. The van der Waals surface area contributed by atoms with Gasteiger partial charge in [-0.3, -0.25) is 9.59 Å². The van der Waals surface area contributed by atoms with Crippen molar-refractivity contribution in [2.45, 2.75) is 38.7 Å². The molecule has 1 saturated heterocycles. The molecule has 80 valence electrons. The molecular weight excluding hydrogens is 182 g/mol. The van der Waals surface area contributed by atoms with E-state index < -0.39 is 12.0 Å². The largest absolute Gasteiger partial charge is 0.368 e. The Labute approximate surface area is 83.8 Å². The summed E-state index contributed by atoms with van der Waals surface area (Å²) in [5.41, 5.74) is 5.11. The van der Waals surface area contributed by atoms with Gasteiger partial charge in [-0.1, -0.05) is 6.92 Å². The summed E-state index contributed by atoms with van der Waals surface area (Å²) in [6.07, 6.45) is 2.22. The molecule has 2 atom stereocenters. The van der Waals surface area contributed by atoms with Crippen LogP contribution < -0.4 is 5.73 Å².